The normalized spacial score (nSPS) is 22.3. The minimum atomic E-state index is -0.254. The molecule has 4 rings (SSSR count). The summed E-state index contributed by atoms with van der Waals surface area (Å²) in [6, 6.07) is 11.8. The third-order valence-corrected chi connectivity index (χ3v) is 5.51. The van der Waals surface area contributed by atoms with Crippen LogP contribution in [0.1, 0.15) is 24.3 Å². The van der Waals surface area contributed by atoms with Crippen molar-refractivity contribution in [3.05, 3.63) is 59.7 Å². The molecule has 2 N–H and O–H groups in total. The first kappa shape index (κ1) is 17.4. The predicted octanol–water partition coefficient (Wildman–Crippen LogP) is 3.64. The zero-order chi connectivity index (χ0) is 18.1. The van der Waals surface area contributed by atoms with Crippen LogP contribution in [0.4, 0.5) is 20.2 Å². The van der Waals surface area contributed by atoms with Crippen molar-refractivity contribution in [1.82, 2.24) is 10.4 Å². The van der Waals surface area contributed by atoms with Crippen LogP contribution in [0.15, 0.2) is 42.5 Å². The summed E-state index contributed by atoms with van der Waals surface area (Å²) in [6.07, 6.45) is 1.83. The van der Waals surface area contributed by atoms with Gasteiger partial charge in [-0.05, 0) is 67.4 Å². The number of nitrogens with zero attached hydrogens (tertiary/aromatic N) is 2. The van der Waals surface area contributed by atoms with E-state index in [2.05, 4.69) is 15.3 Å². The number of benzene rings is 2. The molecule has 1 saturated heterocycles. The number of hydrogen-bond acceptors (Lipinski definition) is 4. The summed E-state index contributed by atoms with van der Waals surface area (Å²) in [6.45, 7) is 3.29. The van der Waals surface area contributed by atoms with Crippen molar-refractivity contribution in [1.29, 1.82) is 0 Å². The first-order valence-electron chi connectivity index (χ1n) is 9.11. The number of fused-ring (bicyclic) bond motifs is 3. The highest BCUT2D eigenvalue weighted by Gasteiger charge is 2.42. The number of hydroxylamine groups is 1. The van der Waals surface area contributed by atoms with E-state index in [9.17, 15) is 8.78 Å². The van der Waals surface area contributed by atoms with Gasteiger partial charge in [0, 0.05) is 43.0 Å². The SMILES string of the molecule is ONCCCN1CCC2C(C1)c1cc(F)ccc1N2c1ccc(F)cc1. The fraction of sp³-hybridized carbons (Fsp3) is 0.400. The lowest BCUT2D eigenvalue weighted by Gasteiger charge is -2.39. The standard InChI is InChI=1S/C20H23F2N3O/c21-14-2-5-16(6-3-14)25-19-7-4-15(22)12-17(19)18-13-24(10-1-9-23-26)11-8-20(18)25/h2-7,12,18,20,23,26H,1,8-11,13H2. The second kappa shape index (κ2) is 7.31. The van der Waals surface area contributed by atoms with Crippen LogP contribution in [0.5, 0.6) is 0 Å². The number of anilines is 2. The molecule has 26 heavy (non-hydrogen) atoms. The van der Waals surface area contributed by atoms with Gasteiger partial charge >= 0.3 is 0 Å². The zero-order valence-electron chi connectivity index (χ0n) is 14.5. The second-order valence-corrected chi connectivity index (χ2v) is 7.07. The summed E-state index contributed by atoms with van der Waals surface area (Å²) in [7, 11) is 0. The van der Waals surface area contributed by atoms with Crippen LogP contribution in [0, 0.1) is 11.6 Å². The fourth-order valence-electron chi connectivity index (χ4n) is 4.36. The van der Waals surface area contributed by atoms with E-state index in [4.69, 9.17) is 5.21 Å². The molecule has 0 saturated carbocycles. The van der Waals surface area contributed by atoms with Crippen molar-refractivity contribution in [3.8, 4) is 0 Å². The van der Waals surface area contributed by atoms with Crippen molar-refractivity contribution in [2.24, 2.45) is 0 Å². The minimum Gasteiger partial charge on any atom is -0.337 e. The van der Waals surface area contributed by atoms with Gasteiger partial charge in [0.15, 0.2) is 0 Å². The van der Waals surface area contributed by atoms with E-state index in [0.29, 0.717) is 6.54 Å². The van der Waals surface area contributed by atoms with Gasteiger partial charge in [0.05, 0.1) is 0 Å². The smallest absolute Gasteiger partial charge is 0.123 e. The molecule has 6 heteroatoms. The highest BCUT2D eigenvalue weighted by Crippen LogP contribution is 2.48. The Kier molecular flexibility index (Phi) is 4.89. The Morgan fingerprint density at radius 2 is 1.85 bits per heavy atom. The summed E-state index contributed by atoms with van der Waals surface area (Å²) in [5.41, 5.74) is 5.20. The number of halogens is 2. The third-order valence-electron chi connectivity index (χ3n) is 5.51. The van der Waals surface area contributed by atoms with Gasteiger partial charge in [-0.15, -0.1) is 0 Å². The zero-order valence-corrected chi connectivity index (χ0v) is 14.5. The molecule has 2 heterocycles. The van der Waals surface area contributed by atoms with Crippen molar-refractivity contribution in [3.63, 3.8) is 0 Å². The maximum atomic E-state index is 13.9. The summed E-state index contributed by atoms with van der Waals surface area (Å²) < 4.78 is 27.3. The van der Waals surface area contributed by atoms with Crippen LogP contribution < -0.4 is 10.4 Å². The molecular formula is C20H23F2N3O. The summed E-state index contributed by atoms with van der Waals surface area (Å²) >= 11 is 0. The van der Waals surface area contributed by atoms with Crippen molar-refractivity contribution < 1.29 is 14.0 Å². The minimum absolute atomic E-state index is 0.218. The molecule has 2 unspecified atom stereocenters. The van der Waals surface area contributed by atoms with E-state index >= 15 is 0 Å². The Hall–Kier alpha value is -2.02. The van der Waals surface area contributed by atoms with E-state index in [1.54, 1.807) is 18.2 Å². The van der Waals surface area contributed by atoms with Gasteiger partial charge in [-0.3, -0.25) is 0 Å². The molecule has 0 aliphatic carbocycles. The molecule has 4 nitrogen and oxygen atoms in total. The Morgan fingerprint density at radius 3 is 2.62 bits per heavy atom. The Morgan fingerprint density at radius 1 is 1.08 bits per heavy atom. The maximum Gasteiger partial charge on any atom is 0.123 e. The summed E-state index contributed by atoms with van der Waals surface area (Å²) in [5, 5.41) is 8.74. The van der Waals surface area contributed by atoms with E-state index in [-0.39, 0.29) is 23.6 Å². The van der Waals surface area contributed by atoms with Crippen molar-refractivity contribution >= 4 is 11.4 Å². The first-order chi connectivity index (χ1) is 12.7. The molecule has 0 radical (unpaired) electrons. The van der Waals surface area contributed by atoms with Crippen LogP contribution in [-0.2, 0) is 0 Å². The maximum absolute atomic E-state index is 13.9. The first-order valence-corrected chi connectivity index (χ1v) is 9.11. The van der Waals surface area contributed by atoms with Crippen LogP contribution in [0.3, 0.4) is 0 Å². The van der Waals surface area contributed by atoms with Crippen LogP contribution >= 0.6 is 0 Å². The molecular weight excluding hydrogens is 336 g/mol. The molecule has 1 fully saturated rings. The van der Waals surface area contributed by atoms with Crippen molar-refractivity contribution in [2.75, 3.05) is 31.1 Å². The number of nitrogens with one attached hydrogen (secondary N) is 1. The molecule has 2 aliphatic rings. The van der Waals surface area contributed by atoms with Crippen molar-refractivity contribution in [2.45, 2.75) is 24.8 Å². The predicted molar refractivity (Wildman–Crippen MR) is 96.9 cm³/mol. The number of hydrogen-bond donors (Lipinski definition) is 2. The van der Waals surface area contributed by atoms with Gasteiger partial charge in [0.25, 0.3) is 0 Å². The van der Waals surface area contributed by atoms with E-state index in [1.165, 1.54) is 18.2 Å². The molecule has 2 aliphatic heterocycles. The highest BCUT2D eigenvalue weighted by atomic mass is 19.1. The molecule has 0 bridgehead atoms. The lowest BCUT2D eigenvalue weighted by Crippen LogP contribution is -2.45. The second-order valence-electron chi connectivity index (χ2n) is 7.07. The average Bonchev–Trinajstić information content (AvgIpc) is 2.96. The lowest BCUT2D eigenvalue weighted by atomic mass is 9.89. The molecule has 138 valence electrons. The van der Waals surface area contributed by atoms with Gasteiger partial charge in [-0.25, -0.2) is 14.3 Å². The Balaban J connectivity index is 1.64. The number of likely N-dealkylation sites (tertiary alicyclic amines) is 1. The third kappa shape index (κ3) is 3.20. The summed E-state index contributed by atoms with van der Waals surface area (Å²) in [4.78, 5) is 4.62. The topological polar surface area (TPSA) is 38.7 Å². The fourth-order valence-corrected chi connectivity index (χ4v) is 4.36. The van der Waals surface area contributed by atoms with Gasteiger partial charge in [0.1, 0.15) is 11.6 Å². The molecule has 0 spiro atoms. The Labute approximate surface area is 152 Å². The molecule has 0 aromatic heterocycles. The van der Waals surface area contributed by atoms with Gasteiger partial charge in [0.2, 0.25) is 0 Å². The lowest BCUT2D eigenvalue weighted by molar-refractivity contribution is 0.149. The van der Waals surface area contributed by atoms with E-state index < -0.39 is 0 Å². The largest absolute Gasteiger partial charge is 0.337 e. The quantitative estimate of drug-likeness (QED) is 0.631. The molecule has 2 atom stereocenters. The van der Waals surface area contributed by atoms with Crippen LogP contribution in [-0.4, -0.2) is 42.3 Å². The number of piperidine rings is 1. The van der Waals surface area contributed by atoms with E-state index in [1.807, 2.05) is 6.07 Å². The average molecular weight is 359 g/mol. The Bertz CT molecular complexity index is 768. The number of rotatable bonds is 5. The van der Waals surface area contributed by atoms with E-state index in [0.717, 1.165) is 49.4 Å². The summed E-state index contributed by atoms with van der Waals surface area (Å²) in [5.74, 6) is -0.247. The molecule has 2 aromatic carbocycles. The molecule has 0 amide bonds. The van der Waals surface area contributed by atoms with Gasteiger partial charge in [-0.1, -0.05) is 0 Å². The van der Waals surface area contributed by atoms with Gasteiger partial charge < -0.3 is 15.0 Å². The highest BCUT2D eigenvalue weighted by molar-refractivity contribution is 5.73. The molecule has 2 aromatic rings. The van der Waals surface area contributed by atoms with Gasteiger partial charge in [-0.2, -0.15) is 0 Å². The monoisotopic (exact) mass is 359 g/mol. The van der Waals surface area contributed by atoms with Crippen LogP contribution in [0.2, 0.25) is 0 Å². The van der Waals surface area contributed by atoms with Crippen LogP contribution in [0.25, 0.3) is 0 Å².